The molecule has 2 aliphatic rings. The van der Waals surface area contributed by atoms with E-state index in [9.17, 15) is 13.6 Å². The number of carbonyl (C=O) groups excluding carboxylic acids is 1. The van der Waals surface area contributed by atoms with Crippen molar-refractivity contribution in [1.82, 2.24) is 24.9 Å². The molecule has 1 amide bonds. The Kier molecular flexibility index (Phi) is 5.31. The van der Waals surface area contributed by atoms with Crippen molar-refractivity contribution in [3.05, 3.63) is 42.7 Å². The van der Waals surface area contributed by atoms with Gasteiger partial charge >= 0.3 is 5.92 Å². The van der Waals surface area contributed by atoms with Gasteiger partial charge in [0.2, 0.25) is 11.7 Å². The lowest BCUT2D eigenvalue weighted by atomic mass is 9.78. The Bertz CT molecular complexity index is 1220. The highest BCUT2D eigenvalue weighted by atomic mass is 19.3. The van der Waals surface area contributed by atoms with E-state index in [1.807, 2.05) is 0 Å². The number of halogens is 2. The van der Waals surface area contributed by atoms with Crippen molar-refractivity contribution < 1.29 is 18.3 Å². The number of rotatable bonds is 6. The molecule has 3 aromatic heterocycles. The van der Waals surface area contributed by atoms with Crippen LogP contribution in [0.2, 0.25) is 0 Å². The summed E-state index contributed by atoms with van der Waals surface area (Å²) in [5.74, 6) is -2.89. The lowest BCUT2D eigenvalue weighted by Gasteiger charge is -2.55. The van der Waals surface area contributed by atoms with Crippen LogP contribution in [0.25, 0.3) is 11.3 Å². The van der Waals surface area contributed by atoms with Crippen molar-refractivity contribution in [2.45, 2.75) is 19.8 Å². The van der Waals surface area contributed by atoms with Gasteiger partial charge in [-0.05, 0) is 6.07 Å². The molecule has 2 saturated heterocycles. The first-order chi connectivity index (χ1) is 16.2. The highest BCUT2D eigenvalue weighted by Crippen LogP contribution is 2.39. The van der Waals surface area contributed by atoms with Crippen LogP contribution in [-0.4, -0.2) is 57.1 Å². The summed E-state index contributed by atoms with van der Waals surface area (Å²) >= 11 is 0. The standard InChI is InChI=1S/C22H22F2N8O2/c1-13(33)29-18-5-15(30-17-3-4-25-20(31-17)21(2,23)24)14(6-27-18)16-7-28-19(8-26-16)32-9-22(10-32)11-34-12-22/h3-8H,9-12H2,1-2H3,(H2,25,27,29,30,31,33). The second kappa shape index (κ2) is 8.20. The van der Waals surface area contributed by atoms with Crippen molar-refractivity contribution in [1.29, 1.82) is 0 Å². The molecule has 34 heavy (non-hydrogen) atoms. The van der Waals surface area contributed by atoms with Gasteiger partial charge in [0, 0.05) is 51.0 Å². The van der Waals surface area contributed by atoms with Crippen LogP contribution in [-0.2, 0) is 15.5 Å². The Morgan fingerprint density at radius 1 is 1.12 bits per heavy atom. The molecule has 2 fully saturated rings. The molecule has 2 N–H and O–H groups in total. The molecule has 12 heteroatoms. The fraction of sp³-hybridized carbons (Fsp3) is 0.364. The number of aromatic nitrogens is 5. The molecule has 0 radical (unpaired) electrons. The summed E-state index contributed by atoms with van der Waals surface area (Å²) in [4.78, 5) is 34.5. The van der Waals surface area contributed by atoms with Crippen LogP contribution in [0.5, 0.6) is 0 Å². The lowest BCUT2D eigenvalue weighted by Crippen LogP contribution is -2.66. The zero-order chi connectivity index (χ0) is 23.9. The van der Waals surface area contributed by atoms with Crippen LogP contribution in [0.3, 0.4) is 0 Å². The summed E-state index contributed by atoms with van der Waals surface area (Å²) in [7, 11) is 0. The van der Waals surface area contributed by atoms with E-state index in [4.69, 9.17) is 4.74 Å². The second-order valence-corrected chi connectivity index (χ2v) is 8.68. The van der Waals surface area contributed by atoms with Crippen LogP contribution in [0, 0.1) is 5.41 Å². The van der Waals surface area contributed by atoms with E-state index in [2.05, 4.69) is 40.5 Å². The Labute approximate surface area is 193 Å². The first kappa shape index (κ1) is 22.0. The van der Waals surface area contributed by atoms with Crippen molar-refractivity contribution in [3.63, 3.8) is 0 Å². The summed E-state index contributed by atoms with van der Waals surface area (Å²) in [5.41, 5.74) is 1.79. The molecule has 0 unspecified atom stereocenters. The molecule has 0 bridgehead atoms. The van der Waals surface area contributed by atoms with Gasteiger partial charge in [-0.15, -0.1) is 0 Å². The molecular weight excluding hydrogens is 446 g/mol. The minimum absolute atomic E-state index is 0.158. The average molecular weight is 468 g/mol. The Morgan fingerprint density at radius 2 is 1.91 bits per heavy atom. The molecule has 0 aromatic carbocycles. The van der Waals surface area contributed by atoms with Gasteiger partial charge in [-0.2, -0.15) is 8.78 Å². The number of ether oxygens (including phenoxy) is 1. The second-order valence-electron chi connectivity index (χ2n) is 8.68. The molecule has 176 valence electrons. The van der Waals surface area contributed by atoms with Crippen LogP contribution in [0.4, 0.5) is 31.9 Å². The molecule has 5 heterocycles. The van der Waals surface area contributed by atoms with E-state index >= 15 is 0 Å². The molecule has 2 aliphatic heterocycles. The highest BCUT2D eigenvalue weighted by Gasteiger charge is 2.49. The number of anilines is 4. The predicted molar refractivity (Wildman–Crippen MR) is 120 cm³/mol. The van der Waals surface area contributed by atoms with Crippen molar-refractivity contribution in [3.8, 4) is 11.3 Å². The number of hydrogen-bond acceptors (Lipinski definition) is 9. The summed E-state index contributed by atoms with van der Waals surface area (Å²) in [6.45, 7) is 5.44. The summed E-state index contributed by atoms with van der Waals surface area (Å²) in [5, 5.41) is 5.62. The normalized spacial score (nSPS) is 16.5. The Balaban J connectivity index is 1.43. The van der Waals surface area contributed by atoms with Gasteiger partial charge in [0.1, 0.15) is 17.5 Å². The maximum Gasteiger partial charge on any atom is 0.303 e. The maximum atomic E-state index is 13.7. The third-order valence-corrected chi connectivity index (χ3v) is 5.63. The number of nitrogens with one attached hydrogen (secondary N) is 2. The van der Waals surface area contributed by atoms with Gasteiger partial charge in [0.15, 0.2) is 0 Å². The molecule has 1 spiro atoms. The van der Waals surface area contributed by atoms with Crippen LogP contribution < -0.4 is 15.5 Å². The van der Waals surface area contributed by atoms with E-state index in [0.29, 0.717) is 16.9 Å². The van der Waals surface area contributed by atoms with E-state index in [0.717, 1.165) is 39.0 Å². The largest absolute Gasteiger partial charge is 0.380 e. The third-order valence-electron chi connectivity index (χ3n) is 5.63. The van der Waals surface area contributed by atoms with Gasteiger partial charge in [-0.1, -0.05) is 0 Å². The minimum Gasteiger partial charge on any atom is -0.380 e. The predicted octanol–water partition coefficient (Wildman–Crippen LogP) is 2.98. The van der Waals surface area contributed by atoms with E-state index < -0.39 is 11.7 Å². The maximum absolute atomic E-state index is 13.7. The van der Waals surface area contributed by atoms with E-state index in [1.54, 1.807) is 18.5 Å². The van der Waals surface area contributed by atoms with Gasteiger partial charge in [-0.25, -0.2) is 19.9 Å². The number of pyridine rings is 1. The number of nitrogens with zero attached hydrogens (tertiary/aromatic N) is 6. The minimum atomic E-state index is -3.19. The van der Waals surface area contributed by atoms with Gasteiger partial charge < -0.3 is 20.3 Å². The fourth-order valence-electron chi connectivity index (χ4n) is 3.91. The van der Waals surface area contributed by atoms with Crippen molar-refractivity contribution >= 4 is 29.0 Å². The van der Waals surface area contributed by atoms with Crippen molar-refractivity contribution in [2.24, 2.45) is 5.41 Å². The van der Waals surface area contributed by atoms with Crippen LogP contribution in [0.15, 0.2) is 36.9 Å². The molecule has 3 aromatic rings. The summed E-state index contributed by atoms with van der Waals surface area (Å²) in [6.07, 6.45) is 6.09. The smallest absolute Gasteiger partial charge is 0.303 e. The Hall–Kier alpha value is -3.80. The zero-order valence-corrected chi connectivity index (χ0v) is 18.5. The number of hydrogen-bond donors (Lipinski definition) is 2. The molecule has 10 nitrogen and oxygen atoms in total. The van der Waals surface area contributed by atoms with E-state index in [1.165, 1.54) is 25.4 Å². The topological polar surface area (TPSA) is 118 Å². The van der Waals surface area contributed by atoms with Gasteiger partial charge in [0.25, 0.3) is 0 Å². The number of alkyl halides is 2. The molecular formula is C22H22F2N8O2. The molecule has 0 saturated carbocycles. The van der Waals surface area contributed by atoms with Crippen LogP contribution >= 0.6 is 0 Å². The van der Waals surface area contributed by atoms with Gasteiger partial charge in [0.05, 0.1) is 42.4 Å². The van der Waals surface area contributed by atoms with Crippen LogP contribution in [0.1, 0.15) is 19.7 Å². The van der Waals surface area contributed by atoms with Crippen molar-refractivity contribution in [2.75, 3.05) is 41.8 Å². The highest BCUT2D eigenvalue weighted by molar-refractivity contribution is 5.89. The third kappa shape index (κ3) is 4.36. The van der Waals surface area contributed by atoms with E-state index in [-0.39, 0.29) is 23.0 Å². The summed E-state index contributed by atoms with van der Waals surface area (Å²) < 4.78 is 32.7. The first-order valence-corrected chi connectivity index (χ1v) is 10.6. The monoisotopic (exact) mass is 468 g/mol. The molecule has 5 rings (SSSR count). The Morgan fingerprint density at radius 3 is 2.53 bits per heavy atom. The molecule has 0 atom stereocenters. The first-order valence-electron chi connectivity index (χ1n) is 10.6. The van der Waals surface area contributed by atoms with Gasteiger partial charge in [-0.3, -0.25) is 9.78 Å². The fourth-order valence-corrected chi connectivity index (χ4v) is 3.91. The molecule has 0 aliphatic carbocycles. The number of amides is 1. The quantitative estimate of drug-likeness (QED) is 0.563. The average Bonchev–Trinajstić information content (AvgIpc) is 2.72. The lowest BCUT2D eigenvalue weighted by molar-refractivity contribution is -0.127. The summed E-state index contributed by atoms with van der Waals surface area (Å²) in [6, 6.07) is 3.05. The SMILES string of the molecule is CC(=O)Nc1cc(Nc2ccnc(C(C)(F)F)n2)c(-c2cnc(N3CC4(COC4)C3)cn2)cn1. The number of carbonyl (C=O) groups is 1. The zero-order valence-electron chi connectivity index (χ0n) is 18.5.